The number of anilines is 1. The lowest BCUT2D eigenvalue weighted by molar-refractivity contribution is 0.318. The second kappa shape index (κ2) is 6.24. The lowest BCUT2D eigenvalue weighted by Crippen LogP contribution is -2.24. The molecule has 1 aromatic heterocycles. The number of rotatable bonds is 5. The van der Waals surface area contributed by atoms with Crippen LogP contribution in [0.25, 0.3) is 0 Å². The summed E-state index contributed by atoms with van der Waals surface area (Å²) in [5.41, 5.74) is 8.74. The molecule has 3 N–H and O–H groups in total. The molecule has 0 aliphatic rings. The summed E-state index contributed by atoms with van der Waals surface area (Å²) in [5.74, 6) is 0.137. The van der Waals surface area contributed by atoms with Gasteiger partial charge in [0.25, 0.3) is 0 Å². The van der Waals surface area contributed by atoms with Crippen molar-refractivity contribution in [3.63, 3.8) is 0 Å². The normalized spacial score (nSPS) is 11.5. The number of para-hydroxylation sites is 1. The Labute approximate surface area is 116 Å². The van der Waals surface area contributed by atoms with E-state index in [4.69, 9.17) is 10.9 Å². The molecular formula is C14H17N3OS. The Balaban J connectivity index is 2.12. The fourth-order valence-corrected chi connectivity index (χ4v) is 2.63. The van der Waals surface area contributed by atoms with Gasteiger partial charge in [-0.2, -0.15) is 11.3 Å². The van der Waals surface area contributed by atoms with Crippen LogP contribution in [0.2, 0.25) is 0 Å². The number of oxime groups is 1. The molecule has 0 spiro atoms. The standard InChI is InChI=1S/C14H17N3OS/c1-17(8-6-11-7-9-19-10-11)13-5-3-2-4-12(13)14(15)16-18/h2-5,7,9-10,18H,6,8H2,1H3,(H2,15,16). The fraction of sp³-hybridized carbons (Fsp3) is 0.214. The third-order valence-corrected chi connectivity index (χ3v) is 3.75. The molecule has 4 nitrogen and oxygen atoms in total. The molecular weight excluding hydrogens is 258 g/mol. The maximum Gasteiger partial charge on any atom is 0.172 e. The first kappa shape index (κ1) is 13.4. The van der Waals surface area contributed by atoms with E-state index in [0.717, 1.165) is 24.2 Å². The molecule has 5 heteroatoms. The van der Waals surface area contributed by atoms with E-state index in [1.165, 1.54) is 5.56 Å². The van der Waals surface area contributed by atoms with Gasteiger partial charge in [0, 0.05) is 24.8 Å². The molecule has 0 radical (unpaired) electrons. The maximum absolute atomic E-state index is 8.82. The maximum atomic E-state index is 8.82. The molecule has 19 heavy (non-hydrogen) atoms. The molecule has 2 rings (SSSR count). The summed E-state index contributed by atoms with van der Waals surface area (Å²) < 4.78 is 0. The van der Waals surface area contributed by atoms with Gasteiger partial charge in [-0.3, -0.25) is 0 Å². The average Bonchev–Trinajstić information content (AvgIpc) is 2.97. The molecule has 0 atom stereocenters. The summed E-state index contributed by atoms with van der Waals surface area (Å²) in [6.45, 7) is 0.881. The molecule has 0 aliphatic heterocycles. The summed E-state index contributed by atoms with van der Waals surface area (Å²) in [6.07, 6.45) is 0.977. The number of hydrogen-bond donors (Lipinski definition) is 2. The summed E-state index contributed by atoms with van der Waals surface area (Å²) in [5, 5.41) is 16.1. The van der Waals surface area contributed by atoms with Crippen molar-refractivity contribution >= 4 is 22.9 Å². The highest BCUT2D eigenvalue weighted by atomic mass is 32.1. The Morgan fingerprint density at radius 2 is 2.16 bits per heavy atom. The van der Waals surface area contributed by atoms with Crippen LogP contribution in [0.5, 0.6) is 0 Å². The van der Waals surface area contributed by atoms with Crippen molar-refractivity contribution in [2.75, 3.05) is 18.5 Å². The molecule has 0 saturated carbocycles. The number of benzene rings is 1. The summed E-state index contributed by atoms with van der Waals surface area (Å²) >= 11 is 1.71. The van der Waals surface area contributed by atoms with Crippen LogP contribution < -0.4 is 10.6 Å². The Hall–Kier alpha value is -2.01. The average molecular weight is 275 g/mol. The monoisotopic (exact) mass is 275 g/mol. The van der Waals surface area contributed by atoms with Gasteiger partial charge in [0.15, 0.2) is 5.84 Å². The minimum absolute atomic E-state index is 0.137. The van der Waals surface area contributed by atoms with Gasteiger partial charge in [-0.25, -0.2) is 0 Å². The van der Waals surface area contributed by atoms with Crippen molar-refractivity contribution in [2.45, 2.75) is 6.42 Å². The van der Waals surface area contributed by atoms with Crippen LogP contribution in [0, 0.1) is 0 Å². The molecule has 0 bridgehead atoms. The van der Waals surface area contributed by atoms with Crippen LogP contribution >= 0.6 is 11.3 Å². The number of hydrogen-bond acceptors (Lipinski definition) is 4. The molecule has 0 fully saturated rings. The second-order valence-corrected chi connectivity index (χ2v) is 5.09. The first-order valence-corrected chi connectivity index (χ1v) is 6.96. The number of likely N-dealkylation sites (N-methyl/N-ethyl adjacent to an activating group) is 1. The largest absolute Gasteiger partial charge is 0.409 e. The number of nitrogens with zero attached hydrogens (tertiary/aromatic N) is 2. The highest BCUT2D eigenvalue weighted by molar-refractivity contribution is 7.07. The van der Waals surface area contributed by atoms with Crippen LogP contribution in [0.1, 0.15) is 11.1 Å². The van der Waals surface area contributed by atoms with Gasteiger partial charge in [-0.1, -0.05) is 17.3 Å². The Morgan fingerprint density at radius 1 is 1.37 bits per heavy atom. The zero-order chi connectivity index (χ0) is 13.7. The predicted octanol–water partition coefficient (Wildman–Crippen LogP) is 2.52. The molecule has 100 valence electrons. The Morgan fingerprint density at radius 3 is 2.84 bits per heavy atom. The highest BCUT2D eigenvalue weighted by Gasteiger charge is 2.10. The van der Waals surface area contributed by atoms with Gasteiger partial charge in [0.05, 0.1) is 0 Å². The van der Waals surface area contributed by atoms with Gasteiger partial charge in [0.2, 0.25) is 0 Å². The predicted molar refractivity (Wildman–Crippen MR) is 80.2 cm³/mol. The zero-order valence-electron chi connectivity index (χ0n) is 10.8. The highest BCUT2D eigenvalue weighted by Crippen LogP contribution is 2.19. The van der Waals surface area contributed by atoms with Crippen LogP contribution in [-0.2, 0) is 6.42 Å². The van der Waals surface area contributed by atoms with Crippen molar-refractivity contribution in [1.82, 2.24) is 0 Å². The smallest absolute Gasteiger partial charge is 0.172 e. The summed E-state index contributed by atoms with van der Waals surface area (Å²) in [7, 11) is 2.01. The third kappa shape index (κ3) is 3.26. The van der Waals surface area contributed by atoms with E-state index in [1.54, 1.807) is 11.3 Å². The summed E-state index contributed by atoms with van der Waals surface area (Å²) in [6, 6.07) is 9.79. The minimum atomic E-state index is 0.137. The Kier molecular flexibility index (Phi) is 4.41. The van der Waals surface area contributed by atoms with Gasteiger partial charge in [-0.05, 0) is 40.9 Å². The van der Waals surface area contributed by atoms with Gasteiger partial charge in [0.1, 0.15) is 0 Å². The SMILES string of the molecule is CN(CCc1ccsc1)c1ccccc1C(N)=NO. The molecule has 1 heterocycles. The molecule has 0 saturated heterocycles. The third-order valence-electron chi connectivity index (χ3n) is 3.01. The van der Waals surface area contributed by atoms with E-state index in [2.05, 4.69) is 26.9 Å². The van der Waals surface area contributed by atoms with Crippen LogP contribution in [0.4, 0.5) is 5.69 Å². The van der Waals surface area contributed by atoms with Gasteiger partial charge >= 0.3 is 0 Å². The lowest BCUT2D eigenvalue weighted by atomic mass is 10.1. The van der Waals surface area contributed by atoms with E-state index >= 15 is 0 Å². The quantitative estimate of drug-likeness (QED) is 0.381. The fourth-order valence-electron chi connectivity index (χ4n) is 1.93. The van der Waals surface area contributed by atoms with E-state index in [9.17, 15) is 0 Å². The first-order valence-electron chi connectivity index (χ1n) is 6.01. The second-order valence-electron chi connectivity index (χ2n) is 4.31. The van der Waals surface area contributed by atoms with E-state index in [1.807, 2.05) is 31.3 Å². The number of amidine groups is 1. The van der Waals surface area contributed by atoms with E-state index in [0.29, 0.717) is 0 Å². The topological polar surface area (TPSA) is 61.8 Å². The molecule has 0 unspecified atom stereocenters. The summed E-state index contributed by atoms with van der Waals surface area (Å²) in [4.78, 5) is 2.12. The molecule has 0 amide bonds. The first-order chi connectivity index (χ1) is 9.22. The van der Waals surface area contributed by atoms with E-state index < -0.39 is 0 Å². The van der Waals surface area contributed by atoms with Crippen LogP contribution in [0.3, 0.4) is 0 Å². The minimum Gasteiger partial charge on any atom is -0.409 e. The van der Waals surface area contributed by atoms with Crippen molar-refractivity contribution in [3.8, 4) is 0 Å². The van der Waals surface area contributed by atoms with E-state index in [-0.39, 0.29) is 5.84 Å². The zero-order valence-corrected chi connectivity index (χ0v) is 11.6. The van der Waals surface area contributed by atoms with Crippen molar-refractivity contribution in [1.29, 1.82) is 0 Å². The van der Waals surface area contributed by atoms with Gasteiger partial charge in [-0.15, -0.1) is 0 Å². The van der Waals surface area contributed by atoms with Crippen molar-refractivity contribution in [2.24, 2.45) is 10.9 Å². The Bertz CT molecular complexity index is 552. The lowest BCUT2D eigenvalue weighted by Gasteiger charge is -2.21. The van der Waals surface area contributed by atoms with Crippen LogP contribution in [0.15, 0.2) is 46.2 Å². The van der Waals surface area contributed by atoms with Gasteiger partial charge < -0.3 is 15.8 Å². The van der Waals surface area contributed by atoms with Crippen LogP contribution in [-0.4, -0.2) is 24.6 Å². The molecule has 1 aromatic carbocycles. The number of thiophene rings is 1. The molecule has 0 aliphatic carbocycles. The van der Waals surface area contributed by atoms with Crippen molar-refractivity contribution in [3.05, 3.63) is 52.2 Å². The number of nitrogens with two attached hydrogens (primary N) is 1. The van der Waals surface area contributed by atoms with Crippen molar-refractivity contribution < 1.29 is 5.21 Å². The molecule has 2 aromatic rings.